The van der Waals surface area contributed by atoms with E-state index in [9.17, 15) is 9.59 Å². The minimum atomic E-state index is -1.63. The molecule has 1 amide bonds. The predicted molar refractivity (Wildman–Crippen MR) is 104 cm³/mol. The Bertz CT molecular complexity index is 840. The maximum absolute atomic E-state index is 12.6. The van der Waals surface area contributed by atoms with Gasteiger partial charge in [0.1, 0.15) is 8.07 Å². The van der Waals surface area contributed by atoms with Crippen molar-refractivity contribution in [2.24, 2.45) is 0 Å². The van der Waals surface area contributed by atoms with Gasteiger partial charge in [-0.15, -0.1) is 5.54 Å². The Balaban J connectivity index is 2.82. The van der Waals surface area contributed by atoms with E-state index in [-0.39, 0.29) is 12.5 Å². The molecule has 0 fully saturated rings. The third-order valence-corrected chi connectivity index (χ3v) is 4.29. The molecule has 2 aliphatic rings. The first kappa shape index (κ1) is 18.8. The third-order valence-electron chi connectivity index (χ3n) is 3.42. The average Bonchev–Trinajstić information content (AvgIpc) is 2.63. The molecule has 0 aromatic rings. The van der Waals surface area contributed by atoms with Crippen molar-refractivity contribution in [3.05, 3.63) is 41.5 Å². The highest BCUT2D eigenvalue weighted by atomic mass is 28.3. The van der Waals surface area contributed by atoms with Crippen LogP contribution in [0.5, 0.6) is 0 Å². The Hall–Kier alpha value is -2.58. The molecule has 0 aliphatic heterocycles. The first-order chi connectivity index (χ1) is 11.7. The zero-order chi connectivity index (χ0) is 18.6. The Morgan fingerprint density at radius 2 is 1.76 bits per heavy atom. The second-order valence-electron chi connectivity index (χ2n) is 6.76. The van der Waals surface area contributed by atoms with Crippen LogP contribution in [0.2, 0.25) is 19.6 Å². The minimum Gasteiger partial charge on any atom is -0.462 e. The lowest BCUT2D eigenvalue weighted by molar-refractivity contribution is -0.114. The molecule has 0 heterocycles. The number of anilines is 1. The van der Waals surface area contributed by atoms with Crippen molar-refractivity contribution in [3.63, 3.8) is 0 Å². The number of rotatable bonds is 3. The highest BCUT2D eigenvalue weighted by Crippen LogP contribution is 2.40. The van der Waals surface area contributed by atoms with Gasteiger partial charge in [0.2, 0.25) is 5.91 Å². The topological polar surface area (TPSA) is 55.4 Å². The molecule has 5 heteroatoms. The van der Waals surface area contributed by atoms with Gasteiger partial charge in [-0.2, -0.15) is 0 Å². The van der Waals surface area contributed by atoms with Crippen molar-refractivity contribution in [2.45, 2.75) is 33.5 Å². The number of esters is 1. The van der Waals surface area contributed by atoms with E-state index >= 15 is 0 Å². The van der Waals surface area contributed by atoms with Crippen molar-refractivity contribution < 1.29 is 14.3 Å². The highest BCUT2D eigenvalue weighted by Gasteiger charge is 2.28. The van der Waals surface area contributed by atoms with Crippen LogP contribution in [0.15, 0.2) is 30.3 Å². The van der Waals surface area contributed by atoms with Crippen LogP contribution in [0.1, 0.15) is 29.8 Å². The molecule has 0 aromatic carbocycles. The summed E-state index contributed by atoms with van der Waals surface area (Å²) in [6.07, 6.45) is 0. The van der Waals surface area contributed by atoms with Crippen molar-refractivity contribution in [3.8, 4) is 22.6 Å². The van der Waals surface area contributed by atoms with E-state index in [1.807, 2.05) is 30.3 Å². The predicted octanol–water partition coefficient (Wildman–Crippen LogP) is 4.16. The minimum absolute atomic E-state index is 0.249. The standard InChI is InChI=1S/C20H23NO3Si/c1-6-24-20(23)18-16-11-9-7-8-10-15(16)17(12-13-25(3,4)5)19(18)21-14(2)22/h7-11H,6H2,1-5H3,(H,21,22). The van der Waals surface area contributed by atoms with Gasteiger partial charge >= 0.3 is 5.97 Å². The summed E-state index contributed by atoms with van der Waals surface area (Å²) in [7, 11) is -1.63. The van der Waals surface area contributed by atoms with Crippen molar-refractivity contribution in [1.82, 2.24) is 0 Å². The van der Waals surface area contributed by atoms with E-state index in [2.05, 4.69) is 36.4 Å². The Morgan fingerprint density at radius 3 is 2.32 bits per heavy atom. The molecule has 0 radical (unpaired) electrons. The van der Waals surface area contributed by atoms with Crippen molar-refractivity contribution in [1.29, 1.82) is 0 Å². The summed E-state index contributed by atoms with van der Waals surface area (Å²) >= 11 is 0. The Kier molecular flexibility index (Phi) is 5.65. The molecule has 1 N–H and O–H groups in total. The molecule has 0 aromatic heterocycles. The third kappa shape index (κ3) is 4.49. The number of ether oxygens (including phenoxy) is 1. The molecular weight excluding hydrogens is 330 g/mol. The van der Waals surface area contributed by atoms with E-state index in [0.29, 0.717) is 16.8 Å². The summed E-state index contributed by atoms with van der Waals surface area (Å²) in [5.41, 5.74) is 6.37. The van der Waals surface area contributed by atoms with Crippen molar-refractivity contribution in [2.75, 3.05) is 11.9 Å². The monoisotopic (exact) mass is 353 g/mol. The zero-order valence-corrected chi connectivity index (χ0v) is 16.3. The van der Waals surface area contributed by atoms with Gasteiger partial charge in [-0.1, -0.05) is 55.9 Å². The molecular formula is C20H23NO3Si. The lowest BCUT2D eigenvalue weighted by Crippen LogP contribution is -2.16. The van der Waals surface area contributed by atoms with Gasteiger partial charge in [0.15, 0.2) is 0 Å². The second-order valence-corrected chi connectivity index (χ2v) is 11.5. The molecule has 0 spiro atoms. The molecule has 0 atom stereocenters. The van der Waals surface area contributed by atoms with Crippen LogP contribution >= 0.6 is 0 Å². The maximum atomic E-state index is 12.6. The maximum Gasteiger partial charge on any atom is 0.340 e. The Morgan fingerprint density at radius 1 is 1.12 bits per heavy atom. The molecule has 0 bridgehead atoms. The summed E-state index contributed by atoms with van der Waals surface area (Å²) in [4.78, 5) is 24.3. The SMILES string of the molecule is CCOC(=O)c1c2cccccc-2c(C#C[Si](C)(C)C)c1NC(C)=O. The first-order valence-electron chi connectivity index (χ1n) is 8.27. The van der Waals surface area contributed by atoms with Gasteiger partial charge in [-0.3, -0.25) is 4.79 Å². The zero-order valence-electron chi connectivity index (χ0n) is 15.3. The van der Waals surface area contributed by atoms with Crippen LogP contribution in [0.3, 0.4) is 0 Å². The van der Waals surface area contributed by atoms with E-state index < -0.39 is 14.0 Å². The quantitative estimate of drug-likeness (QED) is 0.512. The lowest BCUT2D eigenvalue weighted by Gasteiger charge is -2.07. The van der Waals surface area contributed by atoms with Gasteiger partial charge in [0, 0.05) is 12.5 Å². The molecule has 25 heavy (non-hydrogen) atoms. The number of nitrogens with one attached hydrogen (secondary N) is 1. The van der Waals surface area contributed by atoms with E-state index in [4.69, 9.17) is 4.74 Å². The fraction of sp³-hybridized carbons (Fsp3) is 0.300. The van der Waals surface area contributed by atoms with E-state index in [1.54, 1.807) is 6.92 Å². The summed E-state index contributed by atoms with van der Waals surface area (Å²) in [5.74, 6) is 2.52. The highest BCUT2D eigenvalue weighted by molar-refractivity contribution is 6.83. The van der Waals surface area contributed by atoms with Crippen LogP contribution in [-0.4, -0.2) is 26.6 Å². The Labute approximate surface area is 149 Å². The summed E-state index contributed by atoms with van der Waals surface area (Å²) in [6, 6.07) is 9.42. The van der Waals surface area contributed by atoms with Gasteiger partial charge < -0.3 is 10.1 Å². The number of amides is 1. The van der Waals surface area contributed by atoms with Crippen LogP contribution in [-0.2, 0) is 9.53 Å². The fourth-order valence-electron chi connectivity index (χ4n) is 2.47. The smallest absolute Gasteiger partial charge is 0.340 e. The van der Waals surface area contributed by atoms with E-state index in [0.717, 1.165) is 11.1 Å². The molecule has 130 valence electrons. The van der Waals surface area contributed by atoms with Crippen LogP contribution in [0.4, 0.5) is 5.69 Å². The lowest BCUT2D eigenvalue weighted by atomic mass is 10.1. The average molecular weight is 353 g/mol. The van der Waals surface area contributed by atoms with Gasteiger partial charge in [-0.25, -0.2) is 4.79 Å². The van der Waals surface area contributed by atoms with Crippen LogP contribution in [0.25, 0.3) is 11.1 Å². The normalized spacial score (nSPS) is 10.8. The molecule has 4 nitrogen and oxygen atoms in total. The summed E-state index contributed by atoms with van der Waals surface area (Å²) < 4.78 is 5.22. The van der Waals surface area contributed by atoms with Gasteiger partial charge in [0.25, 0.3) is 0 Å². The number of hydrogen-bond acceptors (Lipinski definition) is 3. The van der Waals surface area contributed by atoms with Crippen molar-refractivity contribution >= 4 is 25.6 Å². The molecule has 0 unspecified atom stereocenters. The number of fused-ring (bicyclic) bond motifs is 1. The van der Waals surface area contributed by atoms with Gasteiger partial charge in [0.05, 0.1) is 23.4 Å². The summed E-state index contributed by atoms with van der Waals surface area (Å²) in [5, 5.41) is 2.79. The van der Waals surface area contributed by atoms with E-state index in [1.165, 1.54) is 6.92 Å². The molecule has 2 rings (SSSR count). The summed E-state index contributed by atoms with van der Waals surface area (Å²) in [6.45, 7) is 9.88. The van der Waals surface area contributed by atoms with Crippen LogP contribution in [0, 0.1) is 11.5 Å². The first-order valence-corrected chi connectivity index (χ1v) is 11.8. The number of hydrogen-bond donors (Lipinski definition) is 1. The molecule has 2 aliphatic carbocycles. The fourth-order valence-corrected chi connectivity index (χ4v) is 2.97. The largest absolute Gasteiger partial charge is 0.462 e. The number of carbonyl (C=O) groups is 2. The number of carbonyl (C=O) groups excluding carboxylic acids is 2. The molecule has 0 saturated carbocycles. The second kappa shape index (κ2) is 7.54. The molecule has 0 saturated heterocycles. The van der Waals surface area contributed by atoms with Crippen LogP contribution < -0.4 is 5.32 Å². The van der Waals surface area contributed by atoms with Gasteiger partial charge in [-0.05, 0) is 12.5 Å².